The third kappa shape index (κ3) is 3.39. The van der Waals surface area contributed by atoms with Crippen LogP contribution < -0.4 is 5.32 Å². The molecule has 0 aliphatic rings. The number of benzene rings is 1. The molecule has 0 fully saturated rings. The van der Waals surface area contributed by atoms with E-state index in [1.165, 1.54) is 0 Å². The molecule has 0 aliphatic heterocycles. The number of hydrogen-bond acceptors (Lipinski definition) is 3. The monoisotopic (exact) mass is 340 g/mol. The lowest BCUT2D eigenvalue weighted by molar-refractivity contribution is 0.465. The second-order valence-corrected chi connectivity index (χ2v) is 5.69. The standard InChI is InChI=1S/C14H14BrClN2O/c1-8-3-4-11(13(19)5-8)9(2)18-12-6-10(15)7-17-14(12)16/h3-7,9,18-19H,1-2H3. The van der Waals surface area contributed by atoms with Gasteiger partial charge in [-0.25, -0.2) is 4.98 Å². The SMILES string of the molecule is Cc1ccc(C(C)Nc2cc(Br)cnc2Cl)c(O)c1. The highest BCUT2D eigenvalue weighted by atomic mass is 79.9. The third-order valence-corrected chi connectivity index (χ3v) is 3.57. The summed E-state index contributed by atoms with van der Waals surface area (Å²) in [6.07, 6.45) is 1.64. The van der Waals surface area contributed by atoms with Gasteiger partial charge in [0.15, 0.2) is 5.15 Å². The van der Waals surface area contributed by atoms with Crippen LogP contribution in [0.1, 0.15) is 24.1 Å². The molecule has 0 spiro atoms. The first-order valence-electron chi connectivity index (χ1n) is 5.84. The maximum absolute atomic E-state index is 9.97. The van der Waals surface area contributed by atoms with Crippen molar-refractivity contribution >= 4 is 33.2 Å². The molecule has 0 radical (unpaired) electrons. The smallest absolute Gasteiger partial charge is 0.152 e. The molecule has 5 heteroatoms. The fraction of sp³-hybridized carbons (Fsp3) is 0.214. The molecule has 0 aliphatic carbocycles. The van der Waals surface area contributed by atoms with Crippen LogP contribution in [0.3, 0.4) is 0 Å². The predicted molar refractivity (Wildman–Crippen MR) is 81.8 cm³/mol. The highest BCUT2D eigenvalue weighted by Gasteiger charge is 2.12. The number of nitrogens with one attached hydrogen (secondary N) is 1. The molecule has 0 amide bonds. The van der Waals surface area contributed by atoms with E-state index in [-0.39, 0.29) is 11.8 Å². The molecule has 1 aromatic heterocycles. The van der Waals surface area contributed by atoms with Gasteiger partial charge in [0.05, 0.1) is 11.7 Å². The molecule has 1 unspecified atom stereocenters. The maximum atomic E-state index is 9.97. The van der Waals surface area contributed by atoms with Gasteiger partial charge in [-0.1, -0.05) is 23.7 Å². The van der Waals surface area contributed by atoms with Crippen molar-refractivity contribution in [2.75, 3.05) is 5.32 Å². The van der Waals surface area contributed by atoms with Gasteiger partial charge in [-0.3, -0.25) is 0 Å². The summed E-state index contributed by atoms with van der Waals surface area (Å²) < 4.78 is 0.847. The second kappa shape index (κ2) is 5.80. The van der Waals surface area contributed by atoms with Gasteiger partial charge < -0.3 is 10.4 Å². The number of nitrogens with zero attached hydrogens (tertiary/aromatic N) is 1. The van der Waals surface area contributed by atoms with Gasteiger partial charge in [-0.15, -0.1) is 0 Å². The van der Waals surface area contributed by atoms with Crippen molar-refractivity contribution in [3.05, 3.63) is 51.2 Å². The normalized spacial score (nSPS) is 12.2. The summed E-state index contributed by atoms with van der Waals surface area (Å²) in [7, 11) is 0. The van der Waals surface area contributed by atoms with Crippen molar-refractivity contribution in [2.45, 2.75) is 19.9 Å². The largest absolute Gasteiger partial charge is 0.508 e. The number of rotatable bonds is 3. The van der Waals surface area contributed by atoms with Gasteiger partial charge in [0, 0.05) is 16.2 Å². The first-order chi connectivity index (χ1) is 8.97. The summed E-state index contributed by atoms with van der Waals surface area (Å²) in [5.41, 5.74) is 2.57. The number of anilines is 1. The van der Waals surface area contributed by atoms with E-state index < -0.39 is 0 Å². The summed E-state index contributed by atoms with van der Waals surface area (Å²) in [5, 5.41) is 13.6. The number of phenols is 1. The number of aryl methyl sites for hydroxylation is 1. The topological polar surface area (TPSA) is 45.2 Å². The Morgan fingerprint density at radius 2 is 2.11 bits per heavy atom. The summed E-state index contributed by atoms with van der Waals surface area (Å²) in [6, 6.07) is 7.40. The van der Waals surface area contributed by atoms with Crippen LogP contribution in [0.25, 0.3) is 0 Å². The molecular weight excluding hydrogens is 328 g/mol. The minimum absolute atomic E-state index is 0.0748. The molecule has 100 valence electrons. The molecule has 2 aromatic rings. The average Bonchev–Trinajstić information content (AvgIpc) is 2.33. The number of pyridine rings is 1. The van der Waals surface area contributed by atoms with Crippen LogP contribution in [0, 0.1) is 6.92 Å². The predicted octanol–water partition coefficient (Wildman–Crippen LogP) is 4.68. The number of aromatic hydroxyl groups is 1. The quantitative estimate of drug-likeness (QED) is 0.796. The molecule has 0 bridgehead atoms. The van der Waals surface area contributed by atoms with E-state index >= 15 is 0 Å². The first-order valence-corrected chi connectivity index (χ1v) is 7.01. The number of phenolic OH excluding ortho intramolecular Hbond substituents is 1. The van der Waals surface area contributed by atoms with Gasteiger partial charge >= 0.3 is 0 Å². The lowest BCUT2D eigenvalue weighted by atomic mass is 10.0. The van der Waals surface area contributed by atoms with Crippen LogP contribution in [0.2, 0.25) is 5.15 Å². The van der Waals surface area contributed by atoms with Crippen molar-refractivity contribution in [2.24, 2.45) is 0 Å². The molecule has 0 saturated heterocycles. The Bertz CT molecular complexity index is 604. The zero-order valence-corrected chi connectivity index (χ0v) is 13.0. The second-order valence-electron chi connectivity index (χ2n) is 4.42. The van der Waals surface area contributed by atoms with Crippen LogP contribution in [-0.2, 0) is 0 Å². The lowest BCUT2D eigenvalue weighted by Crippen LogP contribution is -2.07. The molecule has 19 heavy (non-hydrogen) atoms. The Balaban J connectivity index is 2.25. The lowest BCUT2D eigenvalue weighted by Gasteiger charge is -2.18. The highest BCUT2D eigenvalue weighted by molar-refractivity contribution is 9.10. The van der Waals surface area contributed by atoms with Crippen molar-refractivity contribution in [1.29, 1.82) is 0 Å². The van der Waals surface area contributed by atoms with Crippen molar-refractivity contribution < 1.29 is 5.11 Å². The number of hydrogen-bond donors (Lipinski definition) is 2. The Kier molecular flexibility index (Phi) is 4.32. The summed E-state index contributed by atoms with van der Waals surface area (Å²) >= 11 is 9.39. The van der Waals surface area contributed by atoms with E-state index in [0.29, 0.717) is 5.15 Å². The van der Waals surface area contributed by atoms with E-state index in [1.807, 2.05) is 32.0 Å². The van der Waals surface area contributed by atoms with E-state index in [9.17, 15) is 5.11 Å². The molecule has 3 nitrogen and oxygen atoms in total. The molecular formula is C14H14BrClN2O. The zero-order chi connectivity index (χ0) is 14.0. The Hall–Kier alpha value is -1.26. The summed E-state index contributed by atoms with van der Waals surface area (Å²) in [6.45, 7) is 3.90. The van der Waals surface area contributed by atoms with Crippen LogP contribution in [0.15, 0.2) is 34.9 Å². The van der Waals surface area contributed by atoms with Crippen molar-refractivity contribution in [3.63, 3.8) is 0 Å². The minimum Gasteiger partial charge on any atom is -0.508 e. The van der Waals surface area contributed by atoms with E-state index in [4.69, 9.17) is 11.6 Å². The van der Waals surface area contributed by atoms with Crippen LogP contribution in [-0.4, -0.2) is 10.1 Å². The van der Waals surface area contributed by atoms with Gasteiger partial charge in [-0.2, -0.15) is 0 Å². The van der Waals surface area contributed by atoms with E-state index in [2.05, 4.69) is 26.2 Å². The highest BCUT2D eigenvalue weighted by Crippen LogP contribution is 2.31. The van der Waals surface area contributed by atoms with Gasteiger partial charge in [0.1, 0.15) is 5.75 Å². The van der Waals surface area contributed by atoms with E-state index in [1.54, 1.807) is 12.3 Å². The summed E-state index contributed by atoms with van der Waals surface area (Å²) in [4.78, 5) is 4.06. The Labute approximate surface area is 125 Å². The third-order valence-electron chi connectivity index (χ3n) is 2.83. The molecule has 1 aromatic carbocycles. The molecule has 2 N–H and O–H groups in total. The Morgan fingerprint density at radius 3 is 2.79 bits per heavy atom. The molecule has 1 heterocycles. The molecule has 0 saturated carbocycles. The van der Waals surface area contributed by atoms with Crippen molar-refractivity contribution in [3.8, 4) is 5.75 Å². The molecule has 1 atom stereocenters. The minimum atomic E-state index is -0.0748. The number of halogens is 2. The molecule has 2 rings (SSSR count). The zero-order valence-electron chi connectivity index (χ0n) is 10.6. The van der Waals surface area contributed by atoms with Crippen molar-refractivity contribution in [1.82, 2.24) is 4.98 Å². The fourth-order valence-corrected chi connectivity index (χ4v) is 2.34. The Morgan fingerprint density at radius 1 is 1.37 bits per heavy atom. The van der Waals surface area contributed by atoms with Gasteiger partial charge in [-0.05, 0) is 47.5 Å². The van der Waals surface area contributed by atoms with E-state index in [0.717, 1.165) is 21.3 Å². The van der Waals surface area contributed by atoms with Gasteiger partial charge in [0.2, 0.25) is 0 Å². The van der Waals surface area contributed by atoms with Gasteiger partial charge in [0.25, 0.3) is 0 Å². The van der Waals surface area contributed by atoms with Crippen LogP contribution >= 0.6 is 27.5 Å². The summed E-state index contributed by atoms with van der Waals surface area (Å²) in [5.74, 6) is 0.277. The van der Waals surface area contributed by atoms with Crippen LogP contribution in [0.5, 0.6) is 5.75 Å². The fourth-order valence-electron chi connectivity index (χ4n) is 1.85. The average molecular weight is 342 g/mol. The first kappa shape index (κ1) is 14.2. The van der Waals surface area contributed by atoms with Crippen LogP contribution in [0.4, 0.5) is 5.69 Å². The maximum Gasteiger partial charge on any atom is 0.152 e. The number of aromatic nitrogens is 1.